The van der Waals surface area contributed by atoms with Gasteiger partial charge in [-0.05, 0) is 18.6 Å². The van der Waals surface area contributed by atoms with Crippen molar-refractivity contribution in [1.29, 1.82) is 0 Å². The van der Waals surface area contributed by atoms with Crippen molar-refractivity contribution in [3.63, 3.8) is 0 Å². The molecule has 6 heteroatoms. The van der Waals surface area contributed by atoms with Crippen LogP contribution in [0.1, 0.15) is 13.3 Å². The normalized spacial score (nSPS) is 11.3. The van der Waals surface area contributed by atoms with Gasteiger partial charge in [-0.25, -0.2) is 0 Å². The molecule has 3 N–H and O–H groups in total. The number of alkyl halides is 3. The van der Waals surface area contributed by atoms with Crippen molar-refractivity contribution in [2.75, 3.05) is 24.2 Å². The fourth-order valence-electron chi connectivity index (χ4n) is 1.23. The quantitative estimate of drug-likeness (QED) is 0.787. The minimum absolute atomic E-state index is 0.199. The van der Waals surface area contributed by atoms with E-state index in [0.717, 1.165) is 6.42 Å². The number of nitrogen functional groups attached to an aromatic ring is 1. The third-order valence-corrected chi connectivity index (χ3v) is 2.01. The first-order valence-electron chi connectivity index (χ1n) is 5.26. The lowest BCUT2D eigenvalue weighted by Crippen LogP contribution is -2.21. The van der Waals surface area contributed by atoms with Gasteiger partial charge in [-0.3, -0.25) is 0 Å². The van der Waals surface area contributed by atoms with E-state index in [2.05, 4.69) is 5.32 Å². The Balaban J connectivity index is 2.72. The molecule has 0 atom stereocenters. The zero-order valence-electron chi connectivity index (χ0n) is 9.47. The van der Waals surface area contributed by atoms with Crippen molar-refractivity contribution in [2.24, 2.45) is 0 Å². The van der Waals surface area contributed by atoms with E-state index in [4.69, 9.17) is 10.5 Å². The van der Waals surface area contributed by atoms with E-state index in [1.165, 1.54) is 6.07 Å². The lowest BCUT2D eigenvalue weighted by atomic mass is 10.2. The third-order valence-electron chi connectivity index (χ3n) is 2.01. The molecule has 0 spiro atoms. The van der Waals surface area contributed by atoms with Crippen molar-refractivity contribution in [1.82, 2.24) is 0 Å². The highest BCUT2D eigenvalue weighted by Gasteiger charge is 2.27. The van der Waals surface area contributed by atoms with Gasteiger partial charge in [-0.2, -0.15) is 13.2 Å². The summed E-state index contributed by atoms with van der Waals surface area (Å²) in [6.45, 7) is 1.29. The van der Waals surface area contributed by atoms with Gasteiger partial charge in [0.15, 0.2) is 0 Å². The molecule has 1 rings (SSSR count). The zero-order chi connectivity index (χ0) is 12.9. The van der Waals surface area contributed by atoms with Crippen LogP contribution >= 0.6 is 0 Å². The Bertz CT molecular complexity index is 366. The molecule has 0 fully saturated rings. The molecular weight excluding hydrogens is 233 g/mol. The van der Waals surface area contributed by atoms with Gasteiger partial charge >= 0.3 is 6.18 Å². The molecule has 0 bridgehead atoms. The lowest BCUT2D eigenvalue weighted by Gasteiger charge is -2.14. The van der Waals surface area contributed by atoms with Gasteiger partial charge in [-0.15, -0.1) is 0 Å². The van der Waals surface area contributed by atoms with Crippen molar-refractivity contribution in [2.45, 2.75) is 19.5 Å². The summed E-state index contributed by atoms with van der Waals surface area (Å²) in [5.74, 6) is 0.402. The second kappa shape index (κ2) is 5.65. The van der Waals surface area contributed by atoms with Crippen LogP contribution < -0.4 is 15.8 Å². The van der Waals surface area contributed by atoms with Gasteiger partial charge in [0.05, 0.1) is 18.0 Å². The van der Waals surface area contributed by atoms with Crippen LogP contribution in [-0.4, -0.2) is 19.3 Å². The molecule has 0 aromatic heterocycles. The number of hydrogen-bond acceptors (Lipinski definition) is 3. The van der Waals surface area contributed by atoms with E-state index < -0.39 is 12.7 Å². The monoisotopic (exact) mass is 248 g/mol. The first kappa shape index (κ1) is 13.5. The smallest absolute Gasteiger partial charge is 0.405 e. The lowest BCUT2D eigenvalue weighted by molar-refractivity contribution is -0.115. The maximum atomic E-state index is 12.0. The van der Waals surface area contributed by atoms with E-state index >= 15 is 0 Å². The zero-order valence-corrected chi connectivity index (χ0v) is 9.47. The molecule has 0 heterocycles. The number of benzene rings is 1. The molecule has 96 valence electrons. The summed E-state index contributed by atoms with van der Waals surface area (Å²) in [5, 5.41) is 2.24. The van der Waals surface area contributed by atoms with Gasteiger partial charge in [0, 0.05) is 0 Å². The molecule has 0 amide bonds. The SMILES string of the molecule is CCCOc1cccc(NCC(F)(F)F)c1N. The summed E-state index contributed by atoms with van der Waals surface area (Å²) in [4.78, 5) is 0. The van der Waals surface area contributed by atoms with Crippen molar-refractivity contribution < 1.29 is 17.9 Å². The highest BCUT2D eigenvalue weighted by molar-refractivity contribution is 5.72. The predicted molar refractivity (Wildman–Crippen MR) is 61.2 cm³/mol. The van der Waals surface area contributed by atoms with Crippen molar-refractivity contribution in [3.05, 3.63) is 18.2 Å². The number of nitrogens with one attached hydrogen (secondary N) is 1. The predicted octanol–water partition coefficient (Wildman–Crippen LogP) is 3.03. The Kier molecular flexibility index (Phi) is 4.48. The van der Waals surface area contributed by atoms with Crippen LogP contribution in [0.25, 0.3) is 0 Å². The number of nitrogens with two attached hydrogens (primary N) is 1. The number of para-hydroxylation sites is 1. The van der Waals surface area contributed by atoms with Gasteiger partial charge in [0.25, 0.3) is 0 Å². The van der Waals surface area contributed by atoms with Crippen molar-refractivity contribution in [3.8, 4) is 5.75 Å². The largest absolute Gasteiger partial charge is 0.491 e. The second-order valence-corrected chi connectivity index (χ2v) is 3.53. The fraction of sp³-hybridized carbons (Fsp3) is 0.455. The van der Waals surface area contributed by atoms with Gasteiger partial charge in [0.1, 0.15) is 12.3 Å². The average Bonchev–Trinajstić information content (AvgIpc) is 2.25. The topological polar surface area (TPSA) is 47.3 Å². The molecule has 0 saturated heterocycles. The van der Waals surface area contributed by atoms with Crippen molar-refractivity contribution >= 4 is 11.4 Å². The van der Waals surface area contributed by atoms with Gasteiger partial charge in [0.2, 0.25) is 0 Å². The molecule has 0 radical (unpaired) electrons. The molecule has 0 unspecified atom stereocenters. The van der Waals surface area contributed by atoms with Crippen LogP contribution in [0.4, 0.5) is 24.5 Å². The molecule has 3 nitrogen and oxygen atoms in total. The van der Waals surface area contributed by atoms with Gasteiger partial charge in [-0.1, -0.05) is 13.0 Å². The fourth-order valence-corrected chi connectivity index (χ4v) is 1.23. The molecule has 0 aliphatic rings. The molecule has 0 aliphatic heterocycles. The van der Waals surface area contributed by atoms with E-state index in [1.807, 2.05) is 6.92 Å². The number of ether oxygens (including phenoxy) is 1. The van der Waals surface area contributed by atoms with Crippen LogP contribution in [0.2, 0.25) is 0 Å². The van der Waals surface area contributed by atoms with Crippen LogP contribution in [0, 0.1) is 0 Å². The van der Waals surface area contributed by atoms with E-state index in [-0.39, 0.29) is 11.4 Å². The van der Waals surface area contributed by atoms with Crippen LogP contribution in [0.15, 0.2) is 18.2 Å². The summed E-state index contributed by atoms with van der Waals surface area (Å²) in [6.07, 6.45) is -3.47. The molecule has 1 aromatic carbocycles. The first-order valence-corrected chi connectivity index (χ1v) is 5.26. The van der Waals surface area contributed by atoms with Crippen LogP contribution in [0.5, 0.6) is 5.75 Å². The Labute approximate surface area is 97.8 Å². The van der Waals surface area contributed by atoms with Crippen LogP contribution in [0.3, 0.4) is 0 Å². The summed E-state index contributed by atoms with van der Waals surface area (Å²) < 4.78 is 41.4. The number of anilines is 2. The van der Waals surface area contributed by atoms with E-state index in [9.17, 15) is 13.2 Å². The minimum atomic E-state index is -4.27. The average molecular weight is 248 g/mol. The molecule has 17 heavy (non-hydrogen) atoms. The maximum Gasteiger partial charge on any atom is 0.405 e. The standard InChI is InChI=1S/C11H15F3N2O/c1-2-6-17-9-5-3-4-8(10(9)15)16-7-11(12,13)14/h3-5,16H,2,6-7,15H2,1H3. The van der Waals surface area contributed by atoms with Crippen LogP contribution in [-0.2, 0) is 0 Å². The number of halogens is 3. The Morgan fingerprint density at radius 2 is 2.06 bits per heavy atom. The summed E-state index contributed by atoms with van der Waals surface area (Å²) in [7, 11) is 0. The highest BCUT2D eigenvalue weighted by Crippen LogP contribution is 2.30. The Morgan fingerprint density at radius 1 is 1.35 bits per heavy atom. The third kappa shape index (κ3) is 4.42. The highest BCUT2D eigenvalue weighted by atomic mass is 19.4. The molecule has 1 aromatic rings. The number of rotatable bonds is 5. The van der Waals surface area contributed by atoms with Gasteiger partial charge < -0.3 is 15.8 Å². The second-order valence-electron chi connectivity index (χ2n) is 3.53. The number of hydrogen-bond donors (Lipinski definition) is 2. The Hall–Kier alpha value is -1.59. The molecular formula is C11H15F3N2O. The molecule has 0 aliphatic carbocycles. The summed E-state index contributed by atoms with van der Waals surface area (Å²) in [5.41, 5.74) is 6.13. The summed E-state index contributed by atoms with van der Waals surface area (Å²) >= 11 is 0. The van der Waals surface area contributed by atoms with E-state index in [1.54, 1.807) is 12.1 Å². The molecule has 0 saturated carbocycles. The Morgan fingerprint density at radius 3 is 2.65 bits per heavy atom. The first-order chi connectivity index (χ1) is 7.94. The minimum Gasteiger partial charge on any atom is -0.491 e. The van der Waals surface area contributed by atoms with E-state index in [0.29, 0.717) is 12.4 Å². The summed E-state index contributed by atoms with van der Waals surface area (Å²) in [6, 6.07) is 4.71. The maximum absolute atomic E-state index is 12.0.